The highest BCUT2D eigenvalue weighted by atomic mass is 16.5. The lowest BCUT2D eigenvalue weighted by molar-refractivity contribution is 0.00517. The molecule has 0 unspecified atom stereocenters. The van der Waals surface area contributed by atoms with E-state index in [1.54, 1.807) is 16.9 Å². The number of carbonyl (C=O) groups is 1. The van der Waals surface area contributed by atoms with Gasteiger partial charge in [0, 0.05) is 18.8 Å². The van der Waals surface area contributed by atoms with E-state index in [9.17, 15) is 9.90 Å². The van der Waals surface area contributed by atoms with Gasteiger partial charge in [-0.05, 0) is 25.3 Å². The first kappa shape index (κ1) is 15.7. The van der Waals surface area contributed by atoms with Gasteiger partial charge in [-0.15, -0.1) is 0 Å². The quantitative estimate of drug-likeness (QED) is 0.874. The van der Waals surface area contributed by atoms with Crippen LogP contribution in [0.5, 0.6) is 0 Å². The highest BCUT2D eigenvalue weighted by Crippen LogP contribution is 2.27. The van der Waals surface area contributed by atoms with Crippen LogP contribution in [0, 0.1) is 6.92 Å². The van der Waals surface area contributed by atoms with E-state index in [4.69, 9.17) is 4.52 Å². The molecule has 3 rings (SSSR count). The molecule has 2 N–H and O–H groups in total. The van der Waals surface area contributed by atoms with Crippen molar-refractivity contribution in [1.29, 1.82) is 0 Å². The van der Waals surface area contributed by atoms with Crippen LogP contribution in [0.25, 0.3) is 0 Å². The molecule has 2 heterocycles. The van der Waals surface area contributed by atoms with E-state index >= 15 is 0 Å². The fourth-order valence-electron chi connectivity index (χ4n) is 2.93. The summed E-state index contributed by atoms with van der Waals surface area (Å²) in [6.07, 6.45) is 8.27. The number of amides is 1. The van der Waals surface area contributed by atoms with Crippen molar-refractivity contribution in [3.05, 3.63) is 35.5 Å². The Kier molecular flexibility index (Phi) is 4.47. The van der Waals surface area contributed by atoms with Gasteiger partial charge in [-0.3, -0.25) is 9.48 Å². The molecule has 0 saturated heterocycles. The summed E-state index contributed by atoms with van der Waals surface area (Å²) in [6.45, 7) is 2.64. The second-order valence-electron chi connectivity index (χ2n) is 6.36. The number of nitrogens with one attached hydrogen (secondary N) is 1. The molecular formula is C16H22N4O3. The van der Waals surface area contributed by atoms with Gasteiger partial charge >= 0.3 is 0 Å². The zero-order valence-electron chi connectivity index (χ0n) is 13.3. The molecule has 1 amide bonds. The molecular weight excluding hydrogens is 296 g/mol. The molecule has 1 aliphatic rings. The van der Waals surface area contributed by atoms with Crippen LogP contribution in [-0.4, -0.2) is 38.1 Å². The van der Waals surface area contributed by atoms with Gasteiger partial charge in [-0.2, -0.15) is 5.10 Å². The van der Waals surface area contributed by atoms with Gasteiger partial charge in [0.05, 0.1) is 11.8 Å². The molecule has 2 aromatic rings. The van der Waals surface area contributed by atoms with Crippen molar-refractivity contribution in [1.82, 2.24) is 20.3 Å². The van der Waals surface area contributed by atoms with E-state index in [1.807, 2.05) is 13.1 Å². The molecule has 1 aliphatic carbocycles. The molecule has 0 spiro atoms. The predicted molar refractivity (Wildman–Crippen MR) is 82.9 cm³/mol. The summed E-state index contributed by atoms with van der Waals surface area (Å²) in [5.41, 5.74) is 0.499. The number of hydrogen-bond donors (Lipinski definition) is 2. The predicted octanol–water partition coefficient (Wildman–Crippen LogP) is 1.65. The second kappa shape index (κ2) is 6.54. The molecule has 0 aromatic carbocycles. The fraction of sp³-hybridized carbons (Fsp3) is 0.562. The average Bonchev–Trinajstić information content (AvgIpc) is 3.15. The standard InChI is InChI=1S/C16H22N4O3/c1-12-8-18-20(9-12)10-13-7-14(19-23-13)15(21)17-11-16(22)5-3-2-4-6-16/h7-9,22H,2-6,10-11H2,1H3,(H,17,21). The molecule has 0 bridgehead atoms. The van der Waals surface area contributed by atoms with Crippen molar-refractivity contribution >= 4 is 5.91 Å². The SMILES string of the molecule is Cc1cnn(Cc2cc(C(=O)NCC3(O)CCCCC3)no2)c1. The summed E-state index contributed by atoms with van der Waals surface area (Å²) < 4.78 is 6.91. The van der Waals surface area contributed by atoms with Gasteiger partial charge in [-0.25, -0.2) is 0 Å². The second-order valence-corrected chi connectivity index (χ2v) is 6.36. The van der Waals surface area contributed by atoms with Crippen LogP contribution in [0.3, 0.4) is 0 Å². The Hall–Kier alpha value is -2.15. The maximum atomic E-state index is 12.1. The van der Waals surface area contributed by atoms with Crippen molar-refractivity contribution in [3.8, 4) is 0 Å². The van der Waals surface area contributed by atoms with Crippen LogP contribution in [-0.2, 0) is 6.54 Å². The van der Waals surface area contributed by atoms with Gasteiger partial charge < -0.3 is 14.9 Å². The molecule has 7 nitrogen and oxygen atoms in total. The number of rotatable bonds is 5. The minimum absolute atomic E-state index is 0.225. The maximum Gasteiger partial charge on any atom is 0.273 e. The first-order valence-electron chi connectivity index (χ1n) is 7.99. The Balaban J connectivity index is 1.55. The molecule has 0 radical (unpaired) electrons. The fourth-order valence-corrected chi connectivity index (χ4v) is 2.93. The molecule has 124 valence electrons. The zero-order valence-corrected chi connectivity index (χ0v) is 13.3. The van der Waals surface area contributed by atoms with Crippen LogP contribution in [0.4, 0.5) is 0 Å². The molecule has 7 heteroatoms. The summed E-state index contributed by atoms with van der Waals surface area (Å²) in [4.78, 5) is 12.1. The molecule has 0 atom stereocenters. The number of hydrogen-bond acceptors (Lipinski definition) is 5. The molecule has 0 aliphatic heterocycles. The smallest absolute Gasteiger partial charge is 0.273 e. The third-order valence-corrected chi connectivity index (χ3v) is 4.23. The van der Waals surface area contributed by atoms with Crippen LogP contribution in [0.2, 0.25) is 0 Å². The molecule has 1 fully saturated rings. The summed E-state index contributed by atoms with van der Waals surface area (Å²) in [5.74, 6) is 0.241. The Labute approximate surface area is 134 Å². The maximum absolute atomic E-state index is 12.1. The monoisotopic (exact) mass is 318 g/mol. The lowest BCUT2D eigenvalue weighted by atomic mass is 9.85. The van der Waals surface area contributed by atoms with Crippen LogP contribution < -0.4 is 5.32 Å². The average molecular weight is 318 g/mol. The third-order valence-electron chi connectivity index (χ3n) is 4.23. The first-order valence-corrected chi connectivity index (χ1v) is 7.99. The van der Waals surface area contributed by atoms with Crippen molar-refractivity contribution in [2.75, 3.05) is 6.54 Å². The van der Waals surface area contributed by atoms with E-state index < -0.39 is 5.60 Å². The Morgan fingerprint density at radius 1 is 1.43 bits per heavy atom. The van der Waals surface area contributed by atoms with Gasteiger partial charge in [0.15, 0.2) is 11.5 Å². The minimum Gasteiger partial charge on any atom is -0.388 e. The van der Waals surface area contributed by atoms with Gasteiger partial charge in [0.2, 0.25) is 0 Å². The number of aliphatic hydroxyl groups is 1. The summed E-state index contributed by atoms with van der Waals surface area (Å²) in [6, 6.07) is 1.61. The Morgan fingerprint density at radius 3 is 2.91 bits per heavy atom. The van der Waals surface area contributed by atoms with E-state index in [2.05, 4.69) is 15.6 Å². The number of nitrogens with zero attached hydrogens (tertiary/aromatic N) is 3. The van der Waals surface area contributed by atoms with Gasteiger partial charge in [-0.1, -0.05) is 24.4 Å². The summed E-state index contributed by atoms with van der Waals surface area (Å²) in [7, 11) is 0. The largest absolute Gasteiger partial charge is 0.388 e. The van der Waals surface area contributed by atoms with Crippen molar-refractivity contribution in [2.24, 2.45) is 0 Å². The third kappa shape index (κ3) is 3.98. The van der Waals surface area contributed by atoms with E-state index in [-0.39, 0.29) is 18.1 Å². The van der Waals surface area contributed by atoms with Crippen molar-refractivity contribution in [2.45, 2.75) is 51.2 Å². The summed E-state index contributed by atoms with van der Waals surface area (Å²) in [5, 5.41) is 21.1. The molecule has 1 saturated carbocycles. The van der Waals surface area contributed by atoms with Crippen LogP contribution in [0.1, 0.15) is 53.9 Å². The number of aryl methyl sites for hydroxylation is 1. The first-order chi connectivity index (χ1) is 11.0. The van der Waals surface area contributed by atoms with Crippen LogP contribution >= 0.6 is 0 Å². The van der Waals surface area contributed by atoms with Crippen LogP contribution in [0.15, 0.2) is 23.0 Å². The lowest BCUT2D eigenvalue weighted by Gasteiger charge is -2.31. The van der Waals surface area contributed by atoms with Crippen molar-refractivity contribution < 1.29 is 14.4 Å². The highest BCUT2D eigenvalue weighted by Gasteiger charge is 2.29. The topological polar surface area (TPSA) is 93.2 Å². The number of carbonyl (C=O) groups excluding carboxylic acids is 1. The van der Waals surface area contributed by atoms with Gasteiger partial charge in [0.25, 0.3) is 5.91 Å². The lowest BCUT2D eigenvalue weighted by Crippen LogP contribution is -2.44. The van der Waals surface area contributed by atoms with Crippen molar-refractivity contribution in [3.63, 3.8) is 0 Å². The van der Waals surface area contributed by atoms with E-state index in [0.717, 1.165) is 37.7 Å². The van der Waals surface area contributed by atoms with E-state index in [0.29, 0.717) is 12.3 Å². The van der Waals surface area contributed by atoms with E-state index in [1.165, 1.54) is 0 Å². The molecule has 2 aromatic heterocycles. The number of aromatic nitrogens is 3. The van der Waals surface area contributed by atoms with Gasteiger partial charge in [0.1, 0.15) is 6.54 Å². The molecule has 23 heavy (non-hydrogen) atoms. The minimum atomic E-state index is -0.785. The summed E-state index contributed by atoms with van der Waals surface area (Å²) >= 11 is 0. The highest BCUT2D eigenvalue weighted by molar-refractivity contribution is 5.92. The normalized spacial score (nSPS) is 17.1. The Bertz CT molecular complexity index is 670. The zero-order chi connectivity index (χ0) is 16.3. The Morgan fingerprint density at radius 2 is 2.22 bits per heavy atom.